The average molecular weight is 329 g/mol. The third-order valence-corrected chi connectivity index (χ3v) is 4.46. The number of aromatic hydroxyl groups is 1. The van der Waals surface area contributed by atoms with Crippen molar-refractivity contribution in [2.24, 2.45) is 10.2 Å². The van der Waals surface area contributed by atoms with Crippen molar-refractivity contribution in [3.8, 4) is 5.75 Å². The Hall–Kier alpha value is -2.82. The van der Waals surface area contributed by atoms with Crippen LogP contribution >= 0.6 is 0 Å². The number of phenolic OH excluding ortho intramolecular Hbond substituents is 1. The van der Waals surface area contributed by atoms with Gasteiger partial charge in [-0.3, -0.25) is 0 Å². The zero-order chi connectivity index (χ0) is 18.0. The van der Waals surface area contributed by atoms with E-state index in [0.717, 1.165) is 34.2 Å². The van der Waals surface area contributed by atoms with Gasteiger partial charge in [0.05, 0.1) is 11.1 Å². The van der Waals surface area contributed by atoms with Crippen molar-refractivity contribution in [1.29, 1.82) is 0 Å². The number of anilines is 1. The number of hydrogen-bond donors (Lipinski definition) is 2. The number of rotatable bonds is 4. The zero-order valence-corrected chi connectivity index (χ0v) is 14.7. The second-order valence-corrected chi connectivity index (χ2v) is 6.06. The van der Waals surface area contributed by atoms with E-state index < -0.39 is 0 Å². The predicted molar refractivity (Wildman–Crippen MR) is 104 cm³/mol. The molecule has 5 heteroatoms. The van der Waals surface area contributed by atoms with Crippen LogP contribution in [0.2, 0.25) is 0 Å². The fraction of sp³-hybridized carbons (Fsp3) is 0.200. The maximum atomic E-state index is 10.8. The Labute approximate surface area is 149 Å². The highest BCUT2D eigenvalue weighted by Crippen LogP contribution is 2.42. The van der Waals surface area contributed by atoms with Crippen LogP contribution in [0.4, 0.5) is 17.1 Å². The maximum Gasteiger partial charge on any atom is 0.222 e. The summed E-state index contributed by atoms with van der Waals surface area (Å²) in [5.74, 6) is 0.244. The highest BCUT2D eigenvalue weighted by Gasteiger charge is 2.15. The number of fused-ring (bicyclic) bond motifs is 1. The fourth-order valence-electron chi connectivity index (χ4n) is 3.08. The summed E-state index contributed by atoms with van der Waals surface area (Å²) in [6.45, 7) is 6.00. The molecule has 2 N–H and O–H groups in total. The minimum absolute atomic E-state index is 0.244. The summed E-state index contributed by atoms with van der Waals surface area (Å²) >= 11 is 0. The monoisotopic (exact) mass is 329 g/mol. The molecule has 0 saturated heterocycles. The van der Waals surface area contributed by atoms with Crippen LogP contribution in [-0.4, -0.2) is 13.1 Å². The van der Waals surface area contributed by atoms with Crippen LogP contribution in [0, 0.1) is 13.8 Å². The third kappa shape index (κ3) is 3.10. The zero-order valence-electron chi connectivity index (χ0n) is 14.7. The van der Waals surface area contributed by atoms with E-state index in [1.165, 1.54) is 0 Å². The van der Waals surface area contributed by atoms with Crippen LogP contribution < -0.4 is 5.23 Å². The molecule has 4 nitrogen and oxygen atoms in total. The van der Waals surface area contributed by atoms with Gasteiger partial charge in [-0.2, -0.15) is 5.11 Å². The Morgan fingerprint density at radius 2 is 1.80 bits per heavy atom. The van der Waals surface area contributed by atoms with Gasteiger partial charge in [0.2, 0.25) is 7.98 Å². The van der Waals surface area contributed by atoms with Gasteiger partial charge in [0, 0.05) is 5.69 Å². The van der Waals surface area contributed by atoms with Crippen molar-refractivity contribution >= 4 is 35.8 Å². The first kappa shape index (κ1) is 17.0. The molecule has 3 aromatic carbocycles. The van der Waals surface area contributed by atoms with Gasteiger partial charge in [-0.25, -0.2) is 0 Å². The summed E-state index contributed by atoms with van der Waals surface area (Å²) in [4.78, 5) is 0. The molecule has 3 rings (SSSR count). The first-order chi connectivity index (χ1) is 12.1. The molecule has 0 bridgehead atoms. The van der Waals surface area contributed by atoms with E-state index in [2.05, 4.69) is 21.5 Å². The maximum absolute atomic E-state index is 10.8. The number of benzene rings is 3. The van der Waals surface area contributed by atoms with Gasteiger partial charge in [-0.1, -0.05) is 37.3 Å². The molecule has 3 aromatic rings. The first-order valence-corrected chi connectivity index (χ1v) is 8.29. The van der Waals surface area contributed by atoms with Gasteiger partial charge < -0.3 is 10.3 Å². The number of nitrogens with one attached hydrogen (secondary N) is 1. The molecule has 0 fully saturated rings. The van der Waals surface area contributed by atoms with Gasteiger partial charge in [0.1, 0.15) is 11.4 Å². The van der Waals surface area contributed by atoms with Crippen LogP contribution in [-0.2, 0) is 6.42 Å². The van der Waals surface area contributed by atoms with Gasteiger partial charge in [-0.15, -0.1) is 5.11 Å². The molecular formula is C20H20BN3O. The topological polar surface area (TPSA) is 57.0 Å². The molecule has 124 valence electrons. The normalized spacial score (nSPS) is 11.3. The largest absolute Gasteiger partial charge is 0.507 e. The highest BCUT2D eigenvalue weighted by molar-refractivity contribution is 6.18. The van der Waals surface area contributed by atoms with Crippen LogP contribution in [0.1, 0.15) is 23.6 Å². The molecular weight excluding hydrogens is 309 g/mol. The van der Waals surface area contributed by atoms with Gasteiger partial charge >= 0.3 is 0 Å². The lowest BCUT2D eigenvalue weighted by Gasteiger charge is -2.14. The predicted octanol–water partition coefficient (Wildman–Crippen LogP) is 5.64. The average Bonchev–Trinajstić information content (AvgIpc) is 2.61. The van der Waals surface area contributed by atoms with E-state index in [-0.39, 0.29) is 5.75 Å². The summed E-state index contributed by atoms with van der Waals surface area (Å²) in [6, 6.07) is 13.6. The van der Waals surface area contributed by atoms with E-state index in [4.69, 9.17) is 7.98 Å². The lowest BCUT2D eigenvalue weighted by molar-refractivity contribution is 0.475. The molecule has 0 heterocycles. The standard InChI is InChI=1S/C20H20BN3O/c1-4-15-13(3)11-14-9-10-17(22-21)19(18(14)20(15)25)24-23-16-8-6-5-7-12(16)2/h5-11,22,25H,4H2,1-3H3. The summed E-state index contributed by atoms with van der Waals surface area (Å²) in [5.41, 5.74) is 4.94. The van der Waals surface area contributed by atoms with Crippen molar-refractivity contribution in [3.63, 3.8) is 0 Å². The summed E-state index contributed by atoms with van der Waals surface area (Å²) in [5, 5.41) is 23.8. The minimum Gasteiger partial charge on any atom is -0.507 e. The Bertz CT molecular complexity index is 967. The van der Waals surface area contributed by atoms with E-state index in [1.54, 1.807) is 0 Å². The molecule has 2 radical (unpaired) electrons. The smallest absolute Gasteiger partial charge is 0.222 e. The van der Waals surface area contributed by atoms with E-state index in [0.29, 0.717) is 16.8 Å². The number of phenols is 1. The number of nitrogens with zero attached hydrogens (tertiary/aromatic N) is 2. The first-order valence-electron chi connectivity index (χ1n) is 8.29. The van der Waals surface area contributed by atoms with Crippen LogP contribution in [0.25, 0.3) is 10.8 Å². The molecule has 0 aliphatic rings. The lowest BCUT2D eigenvalue weighted by atomic mass is 9.96. The molecule has 0 aromatic heterocycles. The van der Waals surface area contributed by atoms with Crippen LogP contribution in [0.3, 0.4) is 0 Å². The molecule has 0 aliphatic heterocycles. The van der Waals surface area contributed by atoms with E-state index in [9.17, 15) is 5.11 Å². The number of aryl methyl sites for hydroxylation is 2. The van der Waals surface area contributed by atoms with E-state index in [1.807, 2.05) is 57.2 Å². The summed E-state index contributed by atoms with van der Waals surface area (Å²) in [7, 11) is 5.66. The van der Waals surface area contributed by atoms with Gasteiger partial charge in [0.25, 0.3) is 0 Å². The number of hydrogen-bond acceptors (Lipinski definition) is 4. The molecule has 0 amide bonds. The number of azo groups is 1. The van der Waals surface area contributed by atoms with Crippen LogP contribution in [0.5, 0.6) is 5.75 Å². The lowest BCUT2D eigenvalue weighted by Crippen LogP contribution is -1.94. The van der Waals surface area contributed by atoms with Crippen molar-refractivity contribution in [2.45, 2.75) is 27.2 Å². The molecule has 0 spiro atoms. The minimum atomic E-state index is 0.244. The molecule has 0 aliphatic carbocycles. The van der Waals surface area contributed by atoms with Gasteiger partial charge in [-0.05, 0) is 54.5 Å². The van der Waals surface area contributed by atoms with Crippen molar-refractivity contribution in [3.05, 3.63) is 59.2 Å². The summed E-state index contributed by atoms with van der Waals surface area (Å²) < 4.78 is 0. The van der Waals surface area contributed by atoms with Gasteiger partial charge in [0.15, 0.2) is 0 Å². The van der Waals surface area contributed by atoms with Crippen molar-refractivity contribution in [2.75, 3.05) is 5.23 Å². The van der Waals surface area contributed by atoms with Crippen LogP contribution in [0.15, 0.2) is 52.7 Å². The molecule has 25 heavy (non-hydrogen) atoms. The van der Waals surface area contributed by atoms with Crippen molar-refractivity contribution in [1.82, 2.24) is 0 Å². The fourth-order valence-corrected chi connectivity index (χ4v) is 3.08. The summed E-state index contributed by atoms with van der Waals surface area (Å²) in [6.07, 6.45) is 0.738. The Morgan fingerprint density at radius 3 is 2.48 bits per heavy atom. The Balaban J connectivity index is 2.26. The SMILES string of the molecule is [B]Nc1ccc2cc(C)c(CC)c(O)c2c1N=Nc1ccccc1C. The van der Waals surface area contributed by atoms with Crippen molar-refractivity contribution < 1.29 is 5.11 Å². The highest BCUT2D eigenvalue weighted by atomic mass is 16.3. The molecule has 0 unspecified atom stereocenters. The Morgan fingerprint density at radius 1 is 1.04 bits per heavy atom. The second kappa shape index (κ2) is 6.97. The molecule has 0 atom stereocenters. The quantitative estimate of drug-likeness (QED) is 0.481. The Kier molecular flexibility index (Phi) is 4.75. The third-order valence-electron chi connectivity index (χ3n) is 4.46. The van der Waals surface area contributed by atoms with E-state index >= 15 is 0 Å². The second-order valence-electron chi connectivity index (χ2n) is 6.06. The molecule has 0 saturated carbocycles.